The van der Waals surface area contributed by atoms with E-state index >= 15 is 0 Å². The molecule has 0 bridgehead atoms. The first-order valence-electron chi connectivity index (χ1n) is 14.4. The molecule has 2 atom stereocenters. The molecule has 45 heavy (non-hydrogen) atoms. The normalized spacial score (nSPS) is 11.9. The SMILES string of the molecule is CCOC(=O)COC(=O)[C@@H](NC(=O)OCc1ccccc1)C(O)c1ccc(OCc2ccccc2)c(OCc2ccccc2)c1. The van der Waals surface area contributed by atoms with Gasteiger partial charge in [0.1, 0.15) is 25.9 Å². The third kappa shape index (κ3) is 10.4. The average Bonchev–Trinajstić information content (AvgIpc) is 3.08. The molecule has 1 unspecified atom stereocenters. The molecule has 2 N–H and O–H groups in total. The van der Waals surface area contributed by atoms with Gasteiger partial charge in [-0.2, -0.15) is 0 Å². The van der Waals surface area contributed by atoms with Gasteiger partial charge < -0.3 is 34.1 Å². The second-order valence-electron chi connectivity index (χ2n) is 9.80. The summed E-state index contributed by atoms with van der Waals surface area (Å²) in [5.74, 6) is -1.13. The quantitative estimate of drug-likeness (QED) is 0.136. The van der Waals surface area contributed by atoms with Crippen LogP contribution in [0.2, 0.25) is 0 Å². The minimum atomic E-state index is -1.64. The molecule has 4 aromatic rings. The van der Waals surface area contributed by atoms with Gasteiger partial charge in [-0.25, -0.2) is 14.4 Å². The number of ether oxygens (including phenoxy) is 5. The van der Waals surface area contributed by atoms with Crippen molar-refractivity contribution in [3.8, 4) is 11.5 Å². The predicted octanol–water partition coefficient (Wildman–Crippen LogP) is 5.28. The van der Waals surface area contributed by atoms with Crippen LogP contribution in [0.25, 0.3) is 0 Å². The molecule has 0 spiro atoms. The van der Waals surface area contributed by atoms with E-state index in [2.05, 4.69) is 5.32 Å². The molecule has 4 aromatic carbocycles. The van der Waals surface area contributed by atoms with Crippen molar-refractivity contribution in [3.05, 3.63) is 131 Å². The van der Waals surface area contributed by atoms with Gasteiger partial charge in [0.05, 0.1) is 6.61 Å². The van der Waals surface area contributed by atoms with Crippen molar-refractivity contribution in [2.45, 2.75) is 38.9 Å². The topological polar surface area (TPSA) is 130 Å². The van der Waals surface area contributed by atoms with Crippen molar-refractivity contribution >= 4 is 18.0 Å². The number of aliphatic hydroxyl groups is 1. The minimum absolute atomic E-state index is 0.0711. The molecule has 0 radical (unpaired) electrons. The number of esters is 2. The molecular weight excluding hydrogens is 578 g/mol. The summed E-state index contributed by atoms with van der Waals surface area (Å²) in [7, 11) is 0. The average molecular weight is 614 g/mol. The zero-order valence-corrected chi connectivity index (χ0v) is 24.8. The standard InChI is InChI=1S/C35H35NO9/c1-2-41-31(37)24-44-34(39)32(36-35(40)45-23-27-16-10-5-11-17-27)33(38)28-18-19-29(42-21-25-12-6-3-7-13-25)30(20-28)43-22-26-14-8-4-9-15-26/h3-20,32-33,38H,2,21-24H2,1H3,(H,36,40)/t32-,33?/m0/s1. The first-order valence-corrected chi connectivity index (χ1v) is 14.4. The lowest BCUT2D eigenvalue weighted by molar-refractivity contribution is -0.161. The van der Waals surface area contributed by atoms with Crippen LogP contribution in [0.1, 0.15) is 35.3 Å². The number of amides is 1. The summed E-state index contributed by atoms with van der Waals surface area (Å²) < 4.78 is 27.3. The van der Waals surface area contributed by atoms with Crippen LogP contribution in [0.4, 0.5) is 4.79 Å². The molecule has 0 heterocycles. The third-order valence-electron chi connectivity index (χ3n) is 6.48. The summed E-state index contributed by atoms with van der Waals surface area (Å²) in [6.07, 6.45) is -2.59. The molecule has 4 rings (SSSR count). The number of hydrogen-bond donors (Lipinski definition) is 2. The summed E-state index contributed by atoms with van der Waals surface area (Å²) in [6.45, 7) is 1.41. The Kier molecular flexibility index (Phi) is 12.4. The second kappa shape index (κ2) is 17.1. The van der Waals surface area contributed by atoms with E-state index in [0.717, 1.165) is 16.7 Å². The fraction of sp³-hybridized carbons (Fsp3) is 0.229. The maximum atomic E-state index is 13.1. The number of benzene rings is 4. The Hall–Kier alpha value is -5.35. The number of rotatable bonds is 15. The fourth-order valence-corrected chi connectivity index (χ4v) is 4.18. The number of carbonyl (C=O) groups excluding carboxylic acids is 3. The van der Waals surface area contributed by atoms with Gasteiger partial charge in [0.15, 0.2) is 24.1 Å². The summed E-state index contributed by atoms with van der Waals surface area (Å²) >= 11 is 0. The molecule has 0 aliphatic rings. The number of alkyl carbamates (subject to hydrolysis) is 1. The van der Waals surface area contributed by atoms with E-state index in [1.165, 1.54) is 6.07 Å². The molecule has 10 nitrogen and oxygen atoms in total. The molecule has 0 saturated carbocycles. The first-order chi connectivity index (χ1) is 21.9. The largest absolute Gasteiger partial charge is 0.485 e. The highest BCUT2D eigenvalue weighted by atomic mass is 16.6. The maximum absolute atomic E-state index is 13.1. The molecule has 0 saturated heterocycles. The molecule has 0 fully saturated rings. The van der Waals surface area contributed by atoms with Crippen molar-refractivity contribution in [1.29, 1.82) is 0 Å². The van der Waals surface area contributed by atoms with Crippen LogP contribution >= 0.6 is 0 Å². The van der Waals surface area contributed by atoms with Crippen LogP contribution in [-0.2, 0) is 43.6 Å². The van der Waals surface area contributed by atoms with Crippen molar-refractivity contribution in [1.82, 2.24) is 5.32 Å². The van der Waals surface area contributed by atoms with Crippen LogP contribution in [0.5, 0.6) is 11.5 Å². The Morgan fingerprint density at radius 3 is 1.76 bits per heavy atom. The molecule has 1 amide bonds. The van der Waals surface area contributed by atoms with Gasteiger partial charge in [0.25, 0.3) is 0 Å². The van der Waals surface area contributed by atoms with Crippen molar-refractivity contribution in [2.75, 3.05) is 13.2 Å². The number of carbonyl (C=O) groups is 3. The maximum Gasteiger partial charge on any atom is 0.408 e. The van der Waals surface area contributed by atoms with Crippen LogP contribution < -0.4 is 14.8 Å². The van der Waals surface area contributed by atoms with E-state index in [1.54, 1.807) is 43.3 Å². The summed E-state index contributed by atoms with van der Waals surface area (Å²) in [6, 6.07) is 31.1. The van der Waals surface area contributed by atoms with Gasteiger partial charge in [0, 0.05) is 0 Å². The Balaban J connectivity index is 1.55. The third-order valence-corrected chi connectivity index (χ3v) is 6.48. The zero-order chi connectivity index (χ0) is 31.9. The molecule has 10 heteroatoms. The van der Waals surface area contributed by atoms with E-state index < -0.39 is 36.8 Å². The Morgan fingerprint density at radius 1 is 0.667 bits per heavy atom. The Labute approximate surface area is 261 Å². The highest BCUT2D eigenvalue weighted by molar-refractivity contribution is 5.84. The van der Waals surface area contributed by atoms with E-state index in [4.69, 9.17) is 23.7 Å². The van der Waals surface area contributed by atoms with Gasteiger partial charge in [-0.1, -0.05) is 97.1 Å². The van der Waals surface area contributed by atoms with Gasteiger partial charge in [0.2, 0.25) is 0 Å². The summed E-state index contributed by atoms with van der Waals surface area (Å²) in [5.41, 5.74) is 2.78. The fourth-order valence-electron chi connectivity index (χ4n) is 4.18. The lowest BCUT2D eigenvalue weighted by atomic mass is 10.0. The van der Waals surface area contributed by atoms with Crippen LogP contribution in [0.15, 0.2) is 109 Å². The molecule has 0 aliphatic heterocycles. The van der Waals surface area contributed by atoms with E-state index in [1.807, 2.05) is 66.7 Å². The Morgan fingerprint density at radius 2 is 1.20 bits per heavy atom. The highest BCUT2D eigenvalue weighted by Gasteiger charge is 2.33. The first kappa shape index (κ1) is 32.6. The zero-order valence-electron chi connectivity index (χ0n) is 24.8. The van der Waals surface area contributed by atoms with Gasteiger partial charge in [-0.3, -0.25) is 0 Å². The van der Waals surface area contributed by atoms with Gasteiger partial charge >= 0.3 is 18.0 Å². The van der Waals surface area contributed by atoms with Crippen LogP contribution in [0, 0.1) is 0 Å². The molecular formula is C35H35NO9. The number of hydrogen-bond acceptors (Lipinski definition) is 9. The molecule has 0 aliphatic carbocycles. The predicted molar refractivity (Wildman–Crippen MR) is 164 cm³/mol. The second-order valence-corrected chi connectivity index (χ2v) is 9.80. The molecule has 234 valence electrons. The summed E-state index contributed by atoms with van der Waals surface area (Å²) in [4.78, 5) is 37.6. The van der Waals surface area contributed by atoms with Crippen molar-refractivity contribution in [3.63, 3.8) is 0 Å². The van der Waals surface area contributed by atoms with Crippen LogP contribution in [-0.4, -0.2) is 42.4 Å². The van der Waals surface area contributed by atoms with E-state index in [9.17, 15) is 19.5 Å². The highest BCUT2D eigenvalue weighted by Crippen LogP contribution is 2.33. The summed E-state index contributed by atoms with van der Waals surface area (Å²) in [5, 5.41) is 13.7. The minimum Gasteiger partial charge on any atom is -0.485 e. The lowest BCUT2D eigenvalue weighted by Gasteiger charge is -2.23. The van der Waals surface area contributed by atoms with Crippen molar-refractivity contribution < 1.29 is 43.2 Å². The smallest absolute Gasteiger partial charge is 0.408 e. The molecule has 0 aromatic heterocycles. The monoisotopic (exact) mass is 613 g/mol. The van der Waals surface area contributed by atoms with Gasteiger partial charge in [-0.05, 0) is 41.3 Å². The van der Waals surface area contributed by atoms with E-state index in [-0.39, 0.29) is 32.0 Å². The lowest BCUT2D eigenvalue weighted by Crippen LogP contribution is -2.46. The Bertz CT molecular complexity index is 1510. The number of nitrogens with one attached hydrogen (secondary N) is 1. The number of aliphatic hydroxyl groups excluding tert-OH is 1. The van der Waals surface area contributed by atoms with Crippen LogP contribution in [0.3, 0.4) is 0 Å². The van der Waals surface area contributed by atoms with Gasteiger partial charge in [-0.15, -0.1) is 0 Å². The van der Waals surface area contributed by atoms with E-state index in [0.29, 0.717) is 11.5 Å². The van der Waals surface area contributed by atoms with Crippen molar-refractivity contribution in [2.24, 2.45) is 0 Å².